The lowest BCUT2D eigenvalue weighted by atomic mass is 10.0. The first-order valence-electron chi connectivity index (χ1n) is 11.1. The summed E-state index contributed by atoms with van der Waals surface area (Å²) in [6.07, 6.45) is 0.586. The number of nitrogens with one attached hydrogen (secondary N) is 2. The van der Waals surface area contributed by atoms with Gasteiger partial charge in [0, 0.05) is 12.1 Å². The quantitative estimate of drug-likeness (QED) is 0.512. The number of ether oxygens (including phenoxy) is 4. The fourth-order valence-corrected chi connectivity index (χ4v) is 3.33. The van der Waals surface area contributed by atoms with Gasteiger partial charge in [-0.1, -0.05) is 19.9 Å². The Morgan fingerprint density at radius 2 is 1.71 bits per heavy atom. The van der Waals surface area contributed by atoms with Crippen LogP contribution in [0.15, 0.2) is 42.5 Å². The molecule has 0 aromatic heterocycles. The molecule has 0 saturated carbocycles. The van der Waals surface area contributed by atoms with Gasteiger partial charge in [-0.15, -0.1) is 0 Å². The highest BCUT2D eigenvalue weighted by molar-refractivity contribution is 5.97. The minimum Gasteiger partial charge on any atom is -0.497 e. The molecule has 0 unspecified atom stereocenters. The average molecular weight is 471 g/mol. The van der Waals surface area contributed by atoms with Gasteiger partial charge < -0.3 is 29.6 Å². The lowest BCUT2D eigenvalue weighted by molar-refractivity contribution is -0.151. The number of amides is 2. The lowest BCUT2D eigenvalue weighted by Crippen LogP contribution is -2.46. The molecule has 2 N–H and O–H groups in total. The largest absolute Gasteiger partial charge is 0.497 e. The predicted octanol–water partition coefficient (Wildman–Crippen LogP) is 2.12. The summed E-state index contributed by atoms with van der Waals surface area (Å²) in [5, 5.41) is 5.40. The summed E-state index contributed by atoms with van der Waals surface area (Å²) >= 11 is 0. The van der Waals surface area contributed by atoms with Gasteiger partial charge in [0.15, 0.2) is 18.1 Å². The Morgan fingerprint density at radius 3 is 2.38 bits per heavy atom. The Balaban J connectivity index is 1.43. The maximum absolute atomic E-state index is 12.5. The van der Waals surface area contributed by atoms with Crippen LogP contribution in [-0.4, -0.2) is 57.3 Å². The molecule has 2 aromatic carbocycles. The van der Waals surface area contributed by atoms with Crippen LogP contribution in [0.2, 0.25) is 0 Å². The highest BCUT2D eigenvalue weighted by Gasteiger charge is 2.26. The van der Waals surface area contributed by atoms with Crippen molar-refractivity contribution in [3.63, 3.8) is 0 Å². The number of hydrogen-bond donors (Lipinski definition) is 2. The number of carbonyl (C=O) groups excluding carboxylic acids is 3. The zero-order chi connectivity index (χ0) is 24.5. The molecule has 1 atom stereocenters. The van der Waals surface area contributed by atoms with E-state index in [4.69, 9.17) is 18.9 Å². The van der Waals surface area contributed by atoms with Crippen LogP contribution in [0, 0.1) is 5.92 Å². The molecule has 1 aliphatic rings. The fraction of sp³-hybridized carbons (Fsp3) is 0.400. The number of rotatable bonds is 10. The smallest absolute Gasteiger partial charge is 0.329 e. The summed E-state index contributed by atoms with van der Waals surface area (Å²) in [5.41, 5.74) is 1.37. The molecule has 0 bridgehead atoms. The van der Waals surface area contributed by atoms with Crippen molar-refractivity contribution in [2.24, 2.45) is 5.92 Å². The molecule has 9 nitrogen and oxygen atoms in total. The summed E-state index contributed by atoms with van der Waals surface area (Å²) in [4.78, 5) is 37.2. The van der Waals surface area contributed by atoms with Crippen molar-refractivity contribution in [1.82, 2.24) is 10.6 Å². The Kier molecular flexibility index (Phi) is 8.73. The van der Waals surface area contributed by atoms with E-state index in [0.717, 1.165) is 5.56 Å². The molecule has 34 heavy (non-hydrogen) atoms. The van der Waals surface area contributed by atoms with Crippen LogP contribution in [0.1, 0.15) is 29.8 Å². The molecule has 9 heteroatoms. The number of benzene rings is 2. The van der Waals surface area contributed by atoms with Crippen LogP contribution >= 0.6 is 0 Å². The van der Waals surface area contributed by atoms with Gasteiger partial charge in [-0.2, -0.15) is 0 Å². The topological polar surface area (TPSA) is 112 Å². The third-order valence-electron chi connectivity index (χ3n) is 5.25. The van der Waals surface area contributed by atoms with Crippen molar-refractivity contribution < 1.29 is 33.3 Å². The molecule has 2 aromatic rings. The van der Waals surface area contributed by atoms with E-state index in [1.165, 1.54) is 7.11 Å². The Labute approximate surface area is 198 Å². The molecule has 0 spiro atoms. The van der Waals surface area contributed by atoms with Crippen LogP contribution in [0.5, 0.6) is 17.2 Å². The van der Waals surface area contributed by atoms with E-state index in [1.54, 1.807) is 38.1 Å². The normalized spacial score (nSPS) is 13.1. The molecule has 0 saturated heterocycles. The average Bonchev–Trinajstić information content (AvgIpc) is 2.85. The van der Waals surface area contributed by atoms with Gasteiger partial charge in [-0.3, -0.25) is 9.59 Å². The molecule has 0 fully saturated rings. The van der Waals surface area contributed by atoms with Crippen LogP contribution in [-0.2, 0) is 20.7 Å². The van der Waals surface area contributed by atoms with E-state index in [-0.39, 0.29) is 5.92 Å². The number of esters is 1. The zero-order valence-electron chi connectivity index (χ0n) is 19.6. The van der Waals surface area contributed by atoms with Crippen molar-refractivity contribution >= 4 is 17.8 Å². The molecule has 2 amide bonds. The summed E-state index contributed by atoms with van der Waals surface area (Å²) in [5.74, 6) is 0.297. The van der Waals surface area contributed by atoms with Gasteiger partial charge in [-0.25, -0.2) is 4.79 Å². The number of hydrogen-bond acceptors (Lipinski definition) is 7. The summed E-state index contributed by atoms with van der Waals surface area (Å²) in [6, 6.07) is 11.3. The third kappa shape index (κ3) is 6.87. The molecular formula is C25H30N2O7. The monoisotopic (exact) mass is 470 g/mol. The van der Waals surface area contributed by atoms with Crippen LogP contribution in [0.25, 0.3) is 0 Å². The maximum atomic E-state index is 12.5. The highest BCUT2D eigenvalue weighted by Crippen LogP contribution is 2.30. The zero-order valence-corrected chi connectivity index (χ0v) is 19.6. The van der Waals surface area contributed by atoms with Crippen molar-refractivity contribution in [1.29, 1.82) is 0 Å². The Hall–Kier alpha value is -3.75. The van der Waals surface area contributed by atoms with E-state index in [0.29, 0.717) is 49.0 Å². The fourth-order valence-electron chi connectivity index (χ4n) is 3.33. The minimum absolute atomic E-state index is 0.229. The van der Waals surface area contributed by atoms with Gasteiger partial charge in [-0.05, 0) is 54.3 Å². The molecule has 182 valence electrons. The molecule has 3 rings (SSSR count). The summed E-state index contributed by atoms with van der Waals surface area (Å²) < 4.78 is 21.3. The Morgan fingerprint density at radius 1 is 1.00 bits per heavy atom. The second-order valence-electron chi connectivity index (χ2n) is 8.11. The first kappa shape index (κ1) is 24.9. The van der Waals surface area contributed by atoms with Crippen molar-refractivity contribution in [2.75, 3.05) is 33.5 Å². The van der Waals surface area contributed by atoms with Crippen molar-refractivity contribution in [3.05, 3.63) is 53.6 Å². The van der Waals surface area contributed by atoms with E-state index >= 15 is 0 Å². The number of fused-ring (bicyclic) bond motifs is 1. The van der Waals surface area contributed by atoms with Gasteiger partial charge in [0.05, 0.1) is 7.11 Å². The molecule has 1 aliphatic heterocycles. The van der Waals surface area contributed by atoms with E-state index in [9.17, 15) is 14.4 Å². The van der Waals surface area contributed by atoms with E-state index in [1.807, 2.05) is 18.2 Å². The first-order chi connectivity index (χ1) is 16.4. The van der Waals surface area contributed by atoms with Gasteiger partial charge in [0.25, 0.3) is 11.8 Å². The SMILES string of the molecule is COc1ccc(C(=O)N[C@H](C(=O)OCC(=O)NCCc2ccc3c(c2)OCCO3)C(C)C)cc1. The highest BCUT2D eigenvalue weighted by atomic mass is 16.6. The maximum Gasteiger partial charge on any atom is 0.329 e. The third-order valence-corrected chi connectivity index (χ3v) is 5.25. The first-order valence-corrected chi connectivity index (χ1v) is 11.1. The molecular weight excluding hydrogens is 440 g/mol. The van der Waals surface area contributed by atoms with Crippen molar-refractivity contribution in [3.8, 4) is 17.2 Å². The van der Waals surface area contributed by atoms with Crippen LogP contribution in [0.3, 0.4) is 0 Å². The van der Waals surface area contributed by atoms with Gasteiger partial charge in [0.1, 0.15) is 25.0 Å². The van der Waals surface area contributed by atoms with Crippen LogP contribution < -0.4 is 24.8 Å². The molecule has 0 aliphatic carbocycles. The van der Waals surface area contributed by atoms with E-state index in [2.05, 4.69) is 10.6 Å². The van der Waals surface area contributed by atoms with Gasteiger partial charge in [0.2, 0.25) is 0 Å². The standard InChI is InChI=1S/C25H30N2O7/c1-16(2)23(27-24(29)18-5-7-19(31-3)8-6-18)25(30)34-15-22(28)26-11-10-17-4-9-20-21(14-17)33-13-12-32-20/h4-9,14,16,23H,10-13,15H2,1-3H3,(H,26,28)(H,27,29)/t23-/m0/s1. The minimum atomic E-state index is -0.889. The second-order valence-corrected chi connectivity index (χ2v) is 8.11. The summed E-state index contributed by atoms with van der Waals surface area (Å²) in [6.45, 7) is 4.56. The number of carbonyl (C=O) groups is 3. The van der Waals surface area contributed by atoms with Gasteiger partial charge >= 0.3 is 5.97 Å². The lowest BCUT2D eigenvalue weighted by Gasteiger charge is -2.21. The summed E-state index contributed by atoms with van der Waals surface area (Å²) in [7, 11) is 1.54. The molecule has 1 heterocycles. The van der Waals surface area contributed by atoms with E-state index < -0.39 is 30.4 Å². The number of methoxy groups -OCH3 is 1. The Bertz CT molecular complexity index is 1000. The second kappa shape index (κ2) is 11.9. The van der Waals surface area contributed by atoms with Crippen molar-refractivity contribution in [2.45, 2.75) is 26.3 Å². The van der Waals surface area contributed by atoms with Crippen LogP contribution in [0.4, 0.5) is 0 Å². The predicted molar refractivity (Wildman–Crippen MR) is 124 cm³/mol. The molecule has 0 radical (unpaired) electrons.